The highest BCUT2D eigenvalue weighted by Gasteiger charge is 2.19. The Morgan fingerprint density at radius 1 is 1.26 bits per heavy atom. The fourth-order valence-electron chi connectivity index (χ4n) is 1.93. The number of aromatic nitrogens is 2. The lowest BCUT2D eigenvalue weighted by Gasteiger charge is -2.20. The average molecular weight is 261 g/mol. The van der Waals surface area contributed by atoms with Gasteiger partial charge in [-0.3, -0.25) is 9.97 Å². The molecule has 0 bridgehead atoms. The molecule has 0 saturated carbocycles. The monoisotopic (exact) mass is 261 g/mol. The van der Waals surface area contributed by atoms with Crippen molar-refractivity contribution in [2.24, 2.45) is 5.73 Å². The number of nitrogens with two attached hydrogens (primary N) is 1. The number of hydrogen-bond donors (Lipinski definition) is 1. The van der Waals surface area contributed by atoms with Crippen molar-refractivity contribution in [1.82, 2.24) is 9.97 Å². The van der Waals surface area contributed by atoms with Crippen molar-refractivity contribution in [3.8, 4) is 11.3 Å². The van der Waals surface area contributed by atoms with Crippen molar-refractivity contribution in [2.45, 2.75) is 12.1 Å². The van der Waals surface area contributed by atoms with Crippen LogP contribution >= 0.6 is 0 Å². The topological polar surface area (TPSA) is 61.0 Å². The molecule has 2 rings (SSSR count). The maximum atomic E-state index is 12.6. The Morgan fingerprint density at radius 3 is 2.53 bits per heavy atom. The third-order valence-corrected chi connectivity index (χ3v) is 2.92. The van der Waals surface area contributed by atoms with Crippen molar-refractivity contribution in [1.29, 1.82) is 0 Å². The van der Waals surface area contributed by atoms with Gasteiger partial charge in [-0.15, -0.1) is 0 Å². The summed E-state index contributed by atoms with van der Waals surface area (Å²) in [5.74, 6) is 0. The van der Waals surface area contributed by atoms with Crippen LogP contribution in [-0.2, 0) is 4.74 Å². The minimum atomic E-state index is -0.660. The maximum Gasteiger partial charge on any atom is 0.107 e. The summed E-state index contributed by atoms with van der Waals surface area (Å²) in [7, 11) is 1.52. The molecule has 4 nitrogen and oxygen atoms in total. The smallest absolute Gasteiger partial charge is 0.107 e. The first kappa shape index (κ1) is 13.6. The molecule has 2 atom stereocenters. The summed E-state index contributed by atoms with van der Waals surface area (Å²) >= 11 is 0. The Labute approximate surface area is 111 Å². The number of nitrogens with zero attached hydrogens (tertiary/aromatic N) is 2. The van der Waals surface area contributed by atoms with Crippen molar-refractivity contribution in [3.63, 3.8) is 0 Å². The zero-order valence-corrected chi connectivity index (χ0v) is 10.7. The van der Waals surface area contributed by atoms with Gasteiger partial charge in [0.15, 0.2) is 0 Å². The molecule has 1 aromatic heterocycles. The Balaban J connectivity index is 2.23. The van der Waals surface area contributed by atoms with Gasteiger partial charge in [-0.05, 0) is 5.56 Å². The summed E-state index contributed by atoms with van der Waals surface area (Å²) in [6.07, 6.45) is 4.51. The van der Waals surface area contributed by atoms with E-state index >= 15 is 0 Å². The Kier molecular flexibility index (Phi) is 4.54. The van der Waals surface area contributed by atoms with Gasteiger partial charge in [-0.1, -0.05) is 24.3 Å². The predicted molar refractivity (Wildman–Crippen MR) is 71.2 cm³/mol. The largest absolute Gasteiger partial charge is 0.375 e. The standard InChI is InChI=1S/C14H16FN3O/c1-19-14(12(16)8-15)11-4-2-10(3-5-11)13-9-17-6-7-18-13/h2-7,9,12,14H,8,16H2,1H3. The highest BCUT2D eigenvalue weighted by Crippen LogP contribution is 2.23. The fourth-order valence-corrected chi connectivity index (χ4v) is 1.93. The van der Waals surface area contributed by atoms with Gasteiger partial charge in [0, 0.05) is 25.1 Å². The quantitative estimate of drug-likeness (QED) is 0.895. The van der Waals surface area contributed by atoms with Gasteiger partial charge < -0.3 is 10.5 Å². The molecule has 2 N–H and O–H groups in total. The summed E-state index contributed by atoms with van der Waals surface area (Å²) in [6.45, 7) is -0.621. The van der Waals surface area contributed by atoms with Gasteiger partial charge in [0.25, 0.3) is 0 Å². The number of hydrogen-bond acceptors (Lipinski definition) is 4. The van der Waals surface area contributed by atoms with E-state index in [9.17, 15) is 4.39 Å². The number of ether oxygens (including phenoxy) is 1. The average Bonchev–Trinajstić information content (AvgIpc) is 2.49. The normalized spacial score (nSPS) is 14.1. The van der Waals surface area contributed by atoms with Crippen LogP contribution in [0.5, 0.6) is 0 Å². The number of methoxy groups -OCH3 is 1. The summed E-state index contributed by atoms with van der Waals surface area (Å²) in [4.78, 5) is 8.24. The number of alkyl halides is 1. The number of halogens is 1. The predicted octanol–water partition coefficient (Wildman–Crippen LogP) is 2.13. The zero-order chi connectivity index (χ0) is 13.7. The van der Waals surface area contributed by atoms with Crippen LogP contribution in [0.15, 0.2) is 42.9 Å². The summed E-state index contributed by atoms with van der Waals surface area (Å²) in [6, 6.07) is 6.88. The van der Waals surface area contributed by atoms with Gasteiger partial charge in [0.1, 0.15) is 6.67 Å². The van der Waals surface area contributed by atoms with Crippen molar-refractivity contribution < 1.29 is 9.13 Å². The van der Waals surface area contributed by atoms with Crippen LogP contribution in [0, 0.1) is 0 Å². The summed E-state index contributed by atoms with van der Waals surface area (Å²) in [5.41, 5.74) is 8.27. The van der Waals surface area contributed by atoms with Crippen LogP contribution in [0.2, 0.25) is 0 Å². The fraction of sp³-hybridized carbons (Fsp3) is 0.286. The minimum absolute atomic E-state index is 0.444. The maximum absolute atomic E-state index is 12.6. The Bertz CT molecular complexity index is 504. The molecule has 2 aromatic rings. The Hall–Kier alpha value is -1.85. The third kappa shape index (κ3) is 3.13. The van der Waals surface area contributed by atoms with Gasteiger partial charge in [-0.2, -0.15) is 0 Å². The van der Waals surface area contributed by atoms with E-state index in [1.807, 2.05) is 24.3 Å². The molecule has 1 aromatic carbocycles. The lowest BCUT2D eigenvalue weighted by atomic mass is 10.0. The molecular weight excluding hydrogens is 245 g/mol. The van der Waals surface area contributed by atoms with Gasteiger partial charge in [-0.25, -0.2) is 4.39 Å². The molecule has 0 spiro atoms. The molecule has 0 aliphatic carbocycles. The molecule has 0 aliphatic heterocycles. The zero-order valence-electron chi connectivity index (χ0n) is 10.7. The lowest BCUT2D eigenvalue weighted by molar-refractivity contribution is 0.0721. The summed E-state index contributed by atoms with van der Waals surface area (Å²) in [5, 5.41) is 0. The molecule has 0 amide bonds. The van der Waals surface area contributed by atoms with Gasteiger partial charge in [0.05, 0.1) is 24.0 Å². The van der Waals surface area contributed by atoms with E-state index in [4.69, 9.17) is 10.5 Å². The second-order valence-electron chi connectivity index (χ2n) is 4.19. The van der Waals surface area contributed by atoms with Crippen LogP contribution in [0.25, 0.3) is 11.3 Å². The molecule has 100 valence electrons. The molecule has 0 aliphatic rings. The molecule has 2 unspecified atom stereocenters. The van der Waals surface area contributed by atoms with Crippen molar-refractivity contribution in [2.75, 3.05) is 13.8 Å². The second kappa shape index (κ2) is 6.36. The highest BCUT2D eigenvalue weighted by atomic mass is 19.1. The van der Waals surface area contributed by atoms with Crippen LogP contribution in [-0.4, -0.2) is 29.8 Å². The SMILES string of the molecule is COC(c1ccc(-c2cnccn2)cc1)C(N)CF. The van der Waals surface area contributed by atoms with E-state index in [0.29, 0.717) is 0 Å². The Morgan fingerprint density at radius 2 is 2.00 bits per heavy atom. The van der Waals surface area contributed by atoms with Crippen LogP contribution in [0.4, 0.5) is 4.39 Å². The van der Waals surface area contributed by atoms with Crippen LogP contribution in [0.1, 0.15) is 11.7 Å². The van der Waals surface area contributed by atoms with Crippen molar-refractivity contribution >= 4 is 0 Å². The van der Waals surface area contributed by atoms with Gasteiger partial charge >= 0.3 is 0 Å². The third-order valence-electron chi connectivity index (χ3n) is 2.92. The first-order chi connectivity index (χ1) is 9.26. The molecule has 5 heteroatoms. The van der Waals surface area contributed by atoms with Gasteiger partial charge in [0.2, 0.25) is 0 Å². The molecule has 1 heterocycles. The second-order valence-corrected chi connectivity index (χ2v) is 4.19. The molecule has 0 saturated heterocycles. The molecule has 0 radical (unpaired) electrons. The lowest BCUT2D eigenvalue weighted by Crippen LogP contribution is -2.31. The molecular formula is C14H16FN3O. The first-order valence-electron chi connectivity index (χ1n) is 5.97. The van der Waals surface area contributed by atoms with E-state index in [2.05, 4.69) is 9.97 Å². The van der Waals surface area contributed by atoms with E-state index < -0.39 is 18.8 Å². The molecule has 0 fully saturated rings. The van der Waals surface area contributed by atoms with Crippen molar-refractivity contribution in [3.05, 3.63) is 48.4 Å². The number of rotatable bonds is 5. The number of benzene rings is 1. The van der Waals surface area contributed by atoms with Crippen LogP contribution < -0.4 is 5.73 Å². The first-order valence-corrected chi connectivity index (χ1v) is 5.97. The van der Waals surface area contributed by atoms with Crippen LogP contribution in [0.3, 0.4) is 0 Å². The minimum Gasteiger partial charge on any atom is -0.375 e. The summed E-state index contributed by atoms with van der Waals surface area (Å²) < 4.78 is 17.9. The van der Waals surface area contributed by atoms with E-state index in [1.54, 1.807) is 18.6 Å². The van der Waals surface area contributed by atoms with E-state index in [1.165, 1.54) is 7.11 Å². The van der Waals surface area contributed by atoms with E-state index in [0.717, 1.165) is 16.8 Å². The van der Waals surface area contributed by atoms with E-state index in [-0.39, 0.29) is 0 Å². The highest BCUT2D eigenvalue weighted by molar-refractivity contribution is 5.58. The molecule has 19 heavy (non-hydrogen) atoms.